The number of benzene rings is 2. The van der Waals surface area contributed by atoms with Crippen LogP contribution >= 0.6 is 31.9 Å². The first-order valence-electron chi connectivity index (χ1n) is 7.11. The number of rotatable bonds is 1. The molecule has 0 atom stereocenters. The fourth-order valence-corrected chi connectivity index (χ4v) is 4.43. The predicted octanol–water partition coefficient (Wildman–Crippen LogP) is 5.53. The third kappa shape index (κ3) is 2.25. The molecule has 0 spiro atoms. The molecule has 3 aromatic rings. The van der Waals surface area contributed by atoms with E-state index in [1.54, 1.807) is 7.11 Å². The van der Waals surface area contributed by atoms with Crippen molar-refractivity contribution in [3.05, 3.63) is 56.5 Å². The third-order valence-corrected chi connectivity index (χ3v) is 5.21. The van der Waals surface area contributed by atoms with E-state index in [-0.39, 0.29) is 0 Å². The van der Waals surface area contributed by atoms with Gasteiger partial charge in [-0.15, -0.1) is 0 Å². The molecule has 0 bridgehead atoms. The van der Waals surface area contributed by atoms with Crippen molar-refractivity contribution in [3.8, 4) is 17.0 Å². The van der Waals surface area contributed by atoms with Crippen molar-refractivity contribution in [2.24, 2.45) is 0 Å². The van der Waals surface area contributed by atoms with E-state index in [1.165, 1.54) is 16.7 Å². The zero-order chi connectivity index (χ0) is 15.3. The van der Waals surface area contributed by atoms with Gasteiger partial charge in [0, 0.05) is 19.9 Å². The molecule has 2 nitrogen and oxygen atoms in total. The van der Waals surface area contributed by atoms with E-state index in [0.717, 1.165) is 44.1 Å². The van der Waals surface area contributed by atoms with E-state index in [4.69, 9.17) is 9.72 Å². The van der Waals surface area contributed by atoms with Crippen molar-refractivity contribution < 1.29 is 4.74 Å². The lowest BCUT2D eigenvalue weighted by molar-refractivity contribution is 0.414. The van der Waals surface area contributed by atoms with E-state index >= 15 is 0 Å². The Morgan fingerprint density at radius 3 is 2.64 bits per heavy atom. The standard InChI is InChI=1S/C18H13Br2NO/c1-22-14-4-5-15-10(8-14)2-3-11-6-12-7-13(19)9-16(20)18(12)21-17(11)15/h4-9H,2-3H2,1H3. The Morgan fingerprint density at radius 1 is 1.00 bits per heavy atom. The van der Waals surface area contributed by atoms with Crippen molar-refractivity contribution in [2.75, 3.05) is 7.11 Å². The summed E-state index contributed by atoms with van der Waals surface area (Å²) >= 11 is 7.18. The minimum absolute atomic E-state index is 0.910. The van der Waals surface area contributed by atoms with Gasteiger partial charge in [-0.2, -0.15) is 0 Å². The Bertz CT molecular complexity index is 905. The lowest BCUT2D eigenvalue weighted by atomic mass is 9.88. The molecular formula is C18H13Br2NO. The largest absolute Gasteiger partial charge is 0.497 e. The lowest BCUT2D eigenvalue weighted by Gasteiger charge is -2.20. The summed E-state index contributed by atoms with van der Waals surface area (Å²) < 4.78 is 7.42. The number of nitrogens with zero attached hydrogens (tertiary/aromatic N) is 1. The second kappa shape index (κ2) is 5.36. The van der Waals surface area contributed by atoms with Crippen LogP contribution in [0.1, 0.15) is 11.1 Å². The van der Waals surface area contributed by atoms with Gasteiger partial charge in [0.15, 0.2) is 0 Å². The van der Waals surface area contributed by atoms with Crippen molar-refractivity contribution in [1.29, 1.82) is 0 Å². The molecule has 1 aliphatic carbocycles. The van der Waals surface area contributed by atoms with Gasteiger partial charge in [-0.05, 0) is 76.3 Å². The maximum absolute atomic E-state index is 5.34. The number of pyridine rings is 1. The Morgan fingerprint density at radius 2 is 1.82 bits per heavy atom. The monoisotopic (exact) mass is 417 g/mol. The molecule has 1 aliphatic rings. The number of methoxy groups -OCH3 is 1. The average Bonchev–Trinajstić information content (AvgIpc) is 2.52. The SMILES string of the molecule is COc1ccc2c(c1)CCc1cc3cc(Br)cc(Br)c3nc1-2. The molecule has 0 saturated heterocycles. The van der Waals surface area contributed by atoms with Gasteiger partial charge in [0.1, 0.15) is 5.75 Å². The highest BCUT2D eigenvalue weighted by Crippen LogP contribution is 2.37. The number of hydrogen-bond acceptors (Lipinski definition) is 2. The van der Waals surface area contributed by atoms with Crippen LogP contribution in [0, 0.1) is 0 Å². The highest BCUT2D eigenvalue weighted by atomic mass is 79.9. The average molecular weight is 419 g/mol. The molecule has 0 unspecified atom stereocenters. The van der Waals surface area contributed by atoms with Crippen molar-refractivity contribution in [1.82, 2.24) is 4.98 Å². The fourth-order valence-electron chi connectivity index (χ4n) is 3.08. The Hall–Kier alpha value is -1.39. The number of fused-ring (bicyclic) bond motifs is 4. The predicted molar refractivity (Wildman–Crippen MR) is 96.5 cm³/mol. The normalized spacial score (nSPS) is 12.9. The van der Waals surface area contributed by atoms with Crippen LogP contribution in [0.15, 0.2) is 45.3 Å². The van der Waals surface area contributed by atoms with Crippen LogP contribution in [0.25, 0.3) is 22.2 Å². The Kier molecular flexibility index (Phi) is 3.46. The molecule has 1 aromatic heterocycles. The van der Waals surface area contributed by atoms with Gasteiger partial charge >= 0.3 is 0 Å². The molecule has 4 rings (SSSR count). The van der Waals surface area contributed by atoms with Crippen LogP contribution < -0.4 is 4.74 Å². The molecule has 110 valence electrons. The van der Waals surface area contributed by atoms with Crippen molar-refractivity contribution in [2.45, 2.75) is 12.8 Å². The molecule has 1 heterocycles. The first kappa shape index (κ1) is 14.2. The van der Waals surface area contributed by atoms with Gasteiger partial charge < -0.3 is 4.74 Å². The molecule has 2 aromatic carbocycles. The van der Waals surface area contributed by atoms with E-state index in [2.05, 4.69) is 56.1 Å². The summed E-state index contributed by atoms with van der Waals surface area (Å²) in [5, 5.41) is 1.16. The Balaban J connectivity index is 1.98. The summed E-state index contributed by atoms with van der Waals surface area (Å²) in [6.07, 6.45) is 2.05. The van der Waals surface area contributed by atoms with Crippen LogP contribution in [0.5, 0.6) is 5.75 Å². The molecular weight excluding hydrogens is 406 g/mol. The molecule has 0 radical (unpaired) electrons. The van der Waals surface area contributed by atoms with Gasteiger partial charge in [-0.25, -0.2) is 4.98 Å². The third-order valence-electron chi connectivity index (χ3n) is 4.15. The number of hydrogen-bond donors (Lipinski definition) is 0. The van der Waals surface area contributed by atoms with E-state index in [1.807, 2.05) is 12.1 Å². The van der Waals surface area contributed by atoms with Gasteiger partial charge in [0.2, 0.25) is 0 Å². The van der Waals surface area contributed by atoms with Gasteiger partial charge in [0.25, 0.3) is 0 Å². The van der Waals surface area contributed by atoms with Gasteiger partial charge in [0.05, 0.1) is 18.3 Å². The molecule has 0 N–H and O–H groups in total. The van der Waals surface area contributed by atoms with Crippen LogP contribution in [0.4, 0.5) is 0 Å². The quantitative estimate of drug-likeness (QED) is 0.518. The molecule has 22 heavy (non-hydrogen) atoms. The van der Waals surface area contributed by atoms with E-state index in [0.29, 0.717) is 0 Å². The zero-order valence-corrected chi connectivity index (χ0v) is 15.2. The first-order valence-corrected chi connectivity index (χ1v) is 8.70. The zero-order valence-electron chi connectivity index (χ0n) is 12.0. The minimum atomic E-state index is 0.910. The van der Waals surface area contributed by atoms with Crippen LogP contribution in [-0.4, -0.2) is 12.1 Å². The number of ether oxygens (including phenoxy) is 1. The minimum Gasteiger partial charge on any atom is -0.497 e. The number of halogens is 2. The summed E-state index contributed by atoms with van der Waals surface area (Å²) in [4.78, 5) is 4.94. The first-order chi connectivity index (χ1) is 10.7. The van der Waals surface area contributed by atoms with Crippen molar-refractivity contribution in [3.63, 3.8) is 0 Å². The van der Waals surface area contributed by atoms with Gasteiger partial charge in [-0.3, -0.25) is 0 Å². The highest BCUT2D eigenvalue weighted by molar-refractivity contribution is 9.11. The smallest absolute Gasteiger partial charge is 0.119 e. The van der Waals surface area contributed by atoms with E-state index in [9.17, 15) is 0 Å². The van der Waals surface area contributed by atoms with Gasteiger partial charge in [-0.1, -0.05) is 15.9 Å². The molecule has 0 saturated carbocycles. The summed E-state index contributed by atoms with van der Waals surface area (Å²) in [5.41, 5.74) is 5.95. The summed E-state index contributed by atoms with van der Waals surface area (Å²) in [6.45, 7) is 0. The molecule has 4 heteroatoms. The lowest BCUT2D eigenvalue weighted by Crippen LogP contribution is -2.06. The molecule has 0 amide bonds. The number of aryl methyl sites for hydroxylation is 2. The van der Waals surface area contributed by atoms with E-state index < -0.39 is 0 Å². The van der Waals surface area contributed by atoms with Crippen LogP contribution in [0.3, 0.4) is 0 Å². The second-order valence-corrected chi connectivity index (χ2v) is 7.25. The summed E-state index contributed by atoms with van der Waals surface area (Å²) in [6, 6.07) is 12.7. The maximum atomic E-state index is 5.34. The Labute approximate surface area is 145 Å². The topological polar surface area (TPSA) is 22.1 Å². The number of aromatic nitrogens is 1. The fraction of sp³-hybridized carbons (Fsp3) is 0.167. The van der Waals surface area contributed by atoms with Crippen molar-refractivity contribution >= 4 is 42.8 Å². The maximum Gasteiger partial charge on any atom is 0.119 e. The summed E-state index contributed by atoms with van der Waals surface area (Å²) in [5.74, 6) is 0.910. The highest BCUT2D eigenvalue weighted by Gasteiger charge is 2.19. The molecule has 0 fully saturated rings. The second-order valence-electron chi connectivity index (χ2n) is 5.48. The van der Waals surface area contributed by atoms with Crippen LogP contribution in [-0.2, 0) is 12.8 Å². The summed E-state index contributed by atoms with van der Waals surface area (Å²) in [7, 11) is 1.71. The molecule has 0 aliphatic heterocycles. The van der Waals surface area contributed by atoms with Crippen LogP contribution in [0.2, 0.25) is 0 Å².